The van der Waals surface area contributed by atoms with Gasteiger partial charge in [-0.1, -0.05) is 44.2 Å². The molecule has 0 radical (unpaired) electrons. The van der Waals surface area contributed by atoms with E-state index in [4.69, 9.17) is 0 Å². The van der Waals surface area contributed by atoms with Gasteiger partial charge in [-0.3, -0.25) is 4.79 Å². The van der Waals surface area contributed by atoms with Gasteiger partial charge in [-0.05, 0) is 42.7 Å². The monoisotopic (exact) mass is 261 g/mol. The van der Waals surface area contributed by atoms with Gasteiger partial charge in [0.25, 0.3) is 0 Å². The Morgan fingerprint density at radius 1 is 1.37 bits per heavy atom. The van der Waals surface area contributed by atoms with Crippen molar-refractivity contribution < 1.29 is 9.90 Å². The van der Waals surface area contributed by atoms with Crippen LogP contribution >= 0.6 is 0 Å². The Kier molecular flexibility index (Phi) is 4.59. The van der Waals surface area contributed by atoms with Gasteiger partial charge < -0.3 is 10.4 Å². The maximum Gasteiger partial charge on any atom is 0.320 e. The van der Waals surface area contributed by atoms with Gasteiger partial charge in [0.15, 0.2) is 0 Å². The molecule has 1 aromatic carbocycles. The number of carboxylic acid groups (broad SMARTS) is 1. The van der Waals surface area contributed by atoms with Crippen LogP contribution in [0.15, 0.2) is 30.3 Å². The Balaban J connectivity index is 1.79. The molecular weight excluding hydrogens is 238 g/mol. The van der Waals surface area contributed by atoms with Crippen LogP contribution in [-0.2, 0) is 4.79 Å². The van der Waals surface area contributed by atoms with E-state index in [0.29, 0.717) is 24.2 Å². The standard InChI is InChI=1S/C16H23NO2/c1-11(2)8-15(16(18)19)17-10-13-9-14(13)12-6-4-3-5-7-12/h3-7,11,13-15,17H,8-10H2,1-2H3,(H,18,19)/t13-,14-,15?/m0/s1. The molecule has 3 nitrogen and oxygen atoms in total. The molecule has 1 aliphatic carbocycles. The fraction of sp³-hybridized carbons (Fsp3) is 0.562. The van der Waals surface area contributed by atoms with E-state index in [1.165, 1.54) is 12.0 Å². The largest absolute Gasteiger partial charge is 0.480 e. The second kappa shape index (κ2) is 6.20. The quantitative estimate of drug-likeness (QED) is 0.793. The molecule has 0 aromatic heterocycles. The topological polar surface area (TPSA) is 49.3 Å². The molecule has 0 spiro atoms. The summed E-state index contributed by atoms with van der Waals surface area (Å²) >= 11 is 0. The smallest absolute Gasteiger partial charge is 0.320 e. The van der Waals surface area contributed by atoms with Crippen LogP contribution in [0.5, 0.6) is 0 Å². The van der Waals surface area contributed by atoms with E-state index < -0.39 is 12.0 Å². The number of rotatable bonds is 7. The summed E-state index contributed by atoms with van der Waals surface area (Å²) in [5.74, 6) is 0.877. The summed E-state index contributed by atoms with van der Waals surface area (Å²) in [7, 11) is 0. The lowest BCUT2D eigenvalue weighted by Crippen LogP contribution is -2.39. The van der Waals surface area contributed by atoms with Crippen LogP contribution in [0.2, 0.25) is 0 Å². The van der Waals surface area contributed by atoms with Gasteiger partial charge in [-0.25, -0.2) is 0 Å². The summed E-state index contributed by atoms with van der Waals surface area (Å²) in [6, 6.07) is 10.1. The molecule has 3 heteroatoms. The molecule has 0 amide bonds. The average molecular weight is 261 g/mol. The second-order valence-corrected chi connectivity index (χ2v) is 5.94. The van der Waals surface area contributed by atoms with Gasteiger partial charge in [0.05, 0.1) is 0 Å². The van der Waals surface area contributed by atoms with E-state index in [1.807, 2.05) is 6.07 Å². The van der Waals surface area contributed by atoms with Gasteiger partial charge in [-0.2, -0.15) is 0 Å². The van der Waals surface area contributed by atoms with Crippen LogP contribution in [0, 0.1) is 11.8 Å². The number of carbonyl (C=O) groups is 1. The maximum absolute atomic E-state index is 11.2. The minimum atomic E-state index is -0.731. The highest BCUT2D eigenvalue weighted by atomic mass is 16.4. The van der Waals surface area contributed by atoms with E-state index in [1.54, 1.807) is 0 Å². The van der Waals surface area contributed by atoms with Crippen LogP contribution in [0.1, 0.15) is 38.2 Å². The summed E-state index contributed by atoms with van der Waals surface area (Å²) in [6.45, 7) is 4.92. The third-order valence-corrected chi connectivity index (χ3v) is 3.78. The van der Waals surface area contributed by atoms with Gasteiger partial charge in [0, 0.05) is 0 Å². The fourth-order valence-corrected chi connectivity index (χ4v) is 2.62. The van der Waals surface area contributed by atoms with Crippen molar-refractivity contribution in [2.45, 2.75) is 38.6 Å². The van der Waals surface area contributed by atoms with Crippen molar-refractivity contribution in [1.29, 1.82) is 0 Å². The minimum absolute atomic E-state index is 0.401. The molecule has 19 heavy (non-hydrogen) atoms. The zero-order valence-corrected chi connectivity index (χ0v) is 11.7. The zero-order valence-electron chi connectivity index (χ0n) is 11.7. The lowest BCUT2D eigenvalue weighted by atomic mass is 10.0. The number of benzene rings is 1. The van der Waals surface area contributed by atoms with Gasteiger partial charge in [0.1, 0.15) is 6.04 Å². The highest BCUT2D eigenvalue weighted by Crippen LogP contribution is 2.46. The number of nitrogens with one attached hydrogen (secondary N) is 1. The molecule has 104 valence electrons. The van der Waals surface area contributed by atoms with E-state index in [-0.39, 0.29) is 0 Å². The molecule has 0 aliphatic heterocycles. The summed E-state index contributed by atoms with van der Waals surface area (Å²) in [4.78, 5) is 11.2. The molecule has 3 atom stereocenters. The third kappa shape index (κ3) is 4.06. The van der Waals surface area contributed by atoms with E-state index in [9.17, 15) is 9.90 Å². The van der Waals surface area contributed by atoms with E-state index in [2.05, 4.69) is 43.4 Å². The number of hydrogen-bond acceptors (Lipinski definition) is 2. The number of aliphatic carboxylic acids is 1. The van der Waals surface area contributed by atoms with Gasteiger partial charge in [0.2, 0.25) is 0 Å². The lowest BCUT2D eigenvalue weighted by molar-refractivity contribution is -0.139. The zero-order chi connectivity index (χ0) is 13.8. The van der Waals surface area contributed by atoms with Crippen LogP contribution < -0.4 is 5.32 Å². The summed E-state index contributed by atoms with van der Waals surface area (Å²) in [5.41, 5.74) is 1.38. The average Bonchev–Trinajstić information content (AvgIpc) is 3.14. The first-order valence-electron chi connectivity index (χ1n) is 7.09. The molecule has 0 bridgehead atoms. The minimum Gasteiger partial charge on any atom is -0.480 e. The molecule has 0 saturated heterocycles. The summed E-state index contributed by atoms with van der Waals surface area (Å²) in [5, 5.41) is 12.4. The van der Waals surface area contributed by atoms with Crippen molar-refractivity contribution in [2.24, 2.45) is 11.8 Å². The predicted molar refractivity (Wildman–Crippen MR) is 76.2 cm³/mol. The van der Waals surface area contributed by atoms with Gasteiger partial charge >= 0.3 is 5.97 Å². The number of carboxylic acids is 1. The van der Waals surface area contributed by atoms with E-state index >= 15 is 0 Å². The Bertz CT molecular complexity index is 416. The van der Waals surface area contributed by atoms with Crippen LogP contribution in [0.25, 0.3) is 0 Å². The Morgan fingerprint density at radius 3 is 2.63 bits per heavy atom. The molecular formula is C16H23NO2. The first-order valence-corrected chi connectivity index (χ1v) is 7.09. The normalized spacial score (nSPS) is 23.3. The molecule has 1 fully saturated rings. The molecule has 1 saturated carbocycles. The summed E-state index contributed by atoms with van der Waals surface area (Å²) < 4.78 is 0. The third-order valence-electron chi connectivity index (χ3n) is 3.78. The Hall–Kier alpha value is -1.35. The first kappa shape index (κ1) is 14.1. The van der Waals surface area contributed by atoms with Crippen LogP contribution in [0.4, 0.5) is 0 Å². The highest BCUT2D eigenvalue weighted by molar-refractivity contribution is 5.73. The number of hydrogen-bond donors (Lipinski definition) is 2. The van der Waals surface area contributed by atoms with Crippen molar-refractivity contribution in [3.05, 3.63) is 35.9 Å². The summed E-state index contributed by atoms with van der Waals surface area (Å²) in [6.07, 6.45) is 1.86. The van der Waals surface area contributed by atoms with Crippen molar-refractivity contribution in [2.75, 3.05) is 6.54 Å². The highest BCUT2D eigenvalue weighted by Gasteiger charge is 2.38. The maximum atomic E-state index is 11.2. The fourth-order valence-electron chi connectivity index (χ4n) is 2.62. The molecule has 1 aliphatic rings. The molecule has 2 N–H and O–H groups in total. The van der Waals surface area contributed by atoms with Crippen LogP contribution in [0.3, 0.4) is 0 Å². The molecule has 0 heterocycles. The first-order chi connectivity index (χ1) is 9.08. The van der Waals surface area contributed by atoms with Crippen molar-refractivity contribution >= 4 is 5.97 Å². The Labute approximate surface area is 115 Å². The van der Waals surface area contributed by atoms with E-state index in [0.717, 1.165) is 6.54 Å². The molecule has 1 unspecified atom stereocenters. The predicted octanol–water partition coefficient (Wildman–Crippen LogP) is 2.88. The Morgan fingerprint density at radius 2 is 2.05 bits per heavy atom. The van der Waals surface area contributed by atoms with Gasteiger partial charge in [-0.15, -0.1) is 0 Å². The molecule has 2 rings (SSSR count). The lowest BCUT2D eigenvalue weighted by Gasteiger charge is -2.16. The second-order valence-electron chi connectivity index (χ2n) is 5.94. The van der Waals surface area contributed by atoms with Crippen molar-refractivity contribution in [3.63, 3.8) is 0 Å². The van der Waals surface area contributed by atoms with Crippen molar-refractivity contribution in [3.8, 4) is 0 Å². The SMILES string of the molecule is CC(C)CC(NC[C@@H]1C[C@H]1c1ccccc1)C(=O)O. The van der Waals surface area contributed by atoms with Crippen molar-refractivity contribution in [1.82, 2.24) is 5.32 Å². The molecule has 1 aromatic rings. The van der Waals surface area contributed by atoms with Crippen LogP contribution in [-0.4, -0.2) is 23.7 Å².